The Morgan fingerprint density at radius 2 is 2.39 bits per heavy atom. The van der Waals surface area contributed by atoms with Crippen LogP contribution in [0.1, 0.15) is 31.2 Å². The number of nitrogens with one attached hydrogen (secondary N) is 1. The van der Waals surface area contributed by atoms with Gasteiger partial charge in [-0.3, -0.25) is 9.78 Å². The molecule has 4 nitrogen and oxygen atoms in total. The first-order valence-electron chi connectivity index (χ1n) is 6.65. The number of carbonyl (C=O) groups excluding carboxylic acids is 1. The highest BCUT2D eigenvalue weighted by atomic mass is 16.2. The topological polar surface area (TPSA) is 45.2 Å². The van der Waals surface area contributed by atoms with Crippen LogP contribution in [0, 0.1) is 6.92 Å². The van der Waals surface area contributed by atoms with Crippen LogP contribution in [0.2, 0.25) is 0 Å². The summed E-state index contributed by atoms with van der Waals surface area (Å²) in [7, 11) is 0. The van der Waals surface area contributed by atoms with Gasteiger partial charge in [0.25, 0.3) is 0 Å². The zero-order valence-corrected chi connectivity index (χ0v) is 11.1. The van der Waals surface area contributed by atoms with Crippen molar-refractivity contribution in [1.29, 1.82) is 0 Å². The number of likely N-dealkylation sites (N-methyl/N-ethyl adjacent to an activating group) is 1. The van der Waals surface area contributed by atoms with Gasteiger partial charge in [0.05, 0.1) is 18.3 Å². The molecule has 0 saturated carbocycles. The second-order valence-electron chi connectivity index (χ2n) is 4.77. The average molecular weight is 247 g/mol. The predicted molar refractivity (Wildman–Crippen MR) is 71.1 cm³/mol. The van der Waals surface area contributed by atoms with E-state index in [-0.39, 0.29) is 11.9 Å². The molecule has 0 spiro atoms. The minimum Gasteiger partial charge on any atom is -0.336 e. The molecule has 1 fully saturated rings. The SMILES string of the molecule is CCN(Cc1cccc(C)n1)C(=O)[C@H]1CCCN1. The summed E-state index contributed by atoms with van der Waals surface area (Å²) in [6.07, 6.45) is 2.05. The maximum absolute atomic E-state index is 12.3. The van der Waals surface area contributed by atoms with Crippen molar-refractivity contribution in [1.82, 2.24) is 15.2 Å². The first-order chi connectivity index (χ1) is 8.70. The van der Waals surface area contributed by atoms with E-state index >= 15 is 0 Å². The molecule has 1 saturated heterocycles. The molecule has 0 bridgehead atoms. The van der Waals surface area contributed by atoms with Gasteiger partial charge < -0.3 is 10.2 Å². The molecule has 18 heavy (non-hydrogen) atoms. The van der Waals surface area contributed by atoms with E-state index in [1.54, 1.807) is 0 Å². The molecule has 1 amide bonds. The fraction of sp³-hybridized carbons (Fsp3) is 0.571. The third-order valence-electron chi connectivity index (χ3n) is 3.35. The standard InChI is InChI=1S/C14H21N3O/c1-3-17(14(18)13-8-5-9-15-13)10-12-7-4-6-11(2)16-12/h4,6-7,13,15H,3,5,8-10H2,1-2H3/t13-/m1/s1. The highest BCUT2D eigenvalue weighted by molar-refractivity contribution is 5.82. The van der Waals surface area contributed by atoms with Crippen LogP contribution in [0.4, 0.5) is 0 Å². The fourth-order valence-corrected chi connectivity index (χ4v) is 2.34. The highest BCUT2D eigenvalue weighted by Gasteiger charge is 2.26. The molecule has 1 aliphatic heterocycles. The van der Waals surface area contributed by atoms with Crippen molar-refractivity contribution < 1.29 is 4.79 Å². The molecule has 1 aliphatic rings. The van der Waals surface area contributed by atoms with E-state index in [9.17, 15) is 4.79 Å². The molecule has 1 N–H and O–H groups in total. The third-order valence-corrected chi connectivity index (χ3v) is 3.35. The molecule has 0 unspecified atom stereocenters. The number of pyridine rings is 1. The van der Waals surface area contributed by atoms with Crippen molar-refractivity contribution in [2.24, 2.45) is 0 Å². The van der Waals surface area contributed by atoms with Crippen molar-refractivity contribution in [2.45, 2.75) is 39.3 Å². The van der Waals surface area contributed by atoms with E-state index in [0.29, 0.717) is 6.54 Å². The van der Waals surface area contributed by atoms with Crippen LogP contribution in [-0.2, 0) is 11.3 Å². The molecular formula is C14H21N3O. The maximum atomic E-state index is 12.3. The molecule has 1 aromatic rings. The van der Waals surface area contributed by atoms with Crippen LogP contribution < -0.4 is 5.32 Å². The number of carbonyl (C=O) groups is 1. The monoisotopic (exact) mass is 247 g/mol. The molecule has 2 rings (SSSR count). The first kappa shape index (κ1) is 13.0. The summed E-state index contributed by atoms with van der Waals surface area (Å²) in [5.41, 5.74) is 1.96. The molecule has 98 valence electrons. The Kier molecular flexibility index (Phi) is 4.31. The Hall–Kier alpha value is -1.42. The van der Waals surface area contributed by atoms with Crippen LogP contribution in [0.15, 0.2) is 18.2 Å². The minimum atomic E-state index is 0.00904. The summed E-state index contributed by atoms with van der Waals surface area (Å²) in [5.74, 6) is 0.207. The van der Waals surface area contributed by atoms with E-state index in [1.165, 1.54) is 0 Å². The largest absolute Gasteiger partial charge is 0.336 e. The van der Waals surface area contributed by atoms with E-state index in [0.717, 1.165) is 37.3 Å². The fourth-order valence-electron chi connectivity index (χ4n) is 2.34. The van der Waals surface area contributed by atoms with Crippen LogP contribution in [-0.4, -0.2) is 34.9 Å². The highest BCUT2D eigenvalue weighted by Crippen LogP contribution is 2.11. The molecule has 2 heterocycles. The molecule has 4 heteroatoms. The quantitative estimate of drug-likeness (QED) is 0.877. The van der Waals surface area contributed by atoms with Crippen molar-refractivity contribution in [3.63, 3.8) is 0 Å². The van der Waals surface area contributed by atoms with Gasteiger partial charge in [0.1, 0.15) is 0 Å². The second-order valence-corrected chi connectivity index (χ2v) is 4.77. The van der Waals surface area contributed by atoms with Gasteiger partial charge in [-0.2, -0.15) is 0 Å². The molecule has 0 radical (unpaired) electrons. The lowest BCUT2D eigenvalue weighted by Crippen LogP contribution is -2.43. The lowest BCUT2D eigenvalue weighted by Gasteiger charge is -2.24. The minimum absolute atomic E-state index is 0.00904. The van der Waals surface area contributed by atoms with E-state index in [2.05, 4.69) is 10.3 Å². The third kappa shape index (κ3) is 3.07. The summed E-state index contributed by atoms with van der Waals surface area (Å²) in [4.78, 5) is 18.6. The zero-order chi connectivity index (χ0) is 13.0. The van der Waals surface area contributed by atoms with Crippen LogP contribution in [0.25, 0.3) is 0 Å². The van der Waals surface area contributed by atoms with Gasteiger partial charge in [0, 0.05) is 12.2 Å². The predicted octanol–water partition coefficient (Wildman–Crippen LogP) is 1.49. The number of hydrogen-bond donors (Lipinski definition) is 1. The van der Waals surface area contributed by atoms with E-state index in [1.807, 2.05) is 36.9 Å². The van der Waals surface area contributed by atoms with Crippen LogP contribution in [0.3, 0.4) is 0 Å². The van der Waals surface area contributed by atoms with Crippen molar-refractivity contribution in [3.05, 3.63) is 29.6 Å². The van der Waals surface area contributed by atoms with Gasteiger partial charge in [-0.15, -0.1) is 0 Å². The maximum Gasteiger partial charge on any atom is 0.240 e. The molecule has 1 atom stereocenters. The smallest absolute Gasteiger partial charge is 0.240 e. The van der Waals surface area contributed by atoms with E-state index < -0.39 is 0 Å². The normalized spacial score (nSPS) is 18.9. The Labute approximate surface area is 108 Å². The number of hydrogen-bond acceptors (Lipinski definition) is 3. The lowest BCUT2D eigenvalue weighted by molar-refractivity contribution is -0.133. The van der Waals surface area contributed by atoms with Gasteiger partial charge in [-0.25, -0.2) is 0 Å². The number of rotatable bonds is 4. The van der Waals surface area contributed by atoms with Crippen molar-refractivity contribution >= 4 is 5.91 Å². The van der Waals surface area contributed by atoms with Gasteiger partial charge >= 0.3 is 0 Å². The number of aryl methyl sites for hydroxylation is 1. The molecular weight excluding hydrogens is 226 g/mol. The van der Waals surface area contributed by atoms with Crippen molar-refractivity contribution in [2.75, 3.05) is 13.1 Å². The summed E-state index contributed by atoms with van der Waals surface area (Å²) in [5, 5.41) is 3.26. The van der Waals surface area contributed by atoms with Gasteiger partial charge in [0.2, 0.25) is 5.91 Å². The van der Waals surface area contributed by atoms with Gasteiger partial charge in [0.15, 0.2) is 0 Å². The summed E-state index contributed by atoms with van der Waals surface area (Å²) in [6, 6.07) is 5.95. The van der Waals surface area contributed by atoms with Crippen molar-refractivity contribution in [3.8, 4) is 0 Å². The summed E-state index contributed by atoms with van der Waals surface area (Å²) < 4.78 is 0. The van der Waals surface area contributed by atoms with E-state index in [4.69, 9.17) is 0 Å². The Morgan fingerprint density at radius 1 is 1.56 bits per heavy atom. The Morgan fingerprint density at radius 3 is 3.00 bits per heavy atom. The number of aromatic nitrogens is 1. The number of amides is 1. The Bertz CT molecular complexity index is 413. The Balaban J connectivity index is 2.02. The molecule has 0 aliphatic carbocycles. The first-order valence-corrected chi connectivity index (χ1v) is 6.65. The second kappa shape index (κ2) is 5.96. The summed E-state index contributed by atoms with van der Waals surface area (Å²) in [6.45, 7) is 6.28. The lowest BCUT2D eigenvalue weighted by atomic mass is 10.2. The molecule has 1 aromatic heterocycles. The number of nitrogens with zero attached hydrogens (tertiary/aromatic N) is 2. The zero-order valence-electron chi connectivity index (χ0n) is 11.1. The van der Waals surface area contributed by atoms with Crippen LogP contribution >= 0.6 is 0 Å². The average Bonchev–Trinajstić information content (AvgIpc) is 2.89. The van der Waals surface area contributed by atoms with Gasteiger partial charge in [-0.1, -0.05) is 6.07 Å². The summed E-state index contributed by atoms with van der Waals surface area (Å²) >= 11 is 0. The van der Waals surface area contributed by atoms with Crippen LogP contribution in [0.5, 0.6) is 0 Å². The van der Waals surface area contributed by atoms with Gasteiger partial charge in [-0.05, 0) is 45.4 Å². The molecule has 0 aromatic carbocycles.